The van der Waals surface area contributed by atoms with E-state index in [1.807, 2.05) is 0 Å². The molecule has 0 aliphatic carbocycles. The van der Waals surface area contributed by atoms with Crippen LogP contribution in [0.5, 0.6) is 0 Å². The quantitative estimate of drug-likeness (QED) is 0.535. The molecule has 0 bridgehead atoms. The molecule has 18 heavy (non-hydrogen) atoms. The van der Waals surface area contributed by atoms with Gasteiger partial charge in [0, 0.05) is 6.92 Å². The molecule has 0 radical (unpaired) electrons. The number of nitrogens with one attached hydrogen (secondary N) is 1. The fraction of sp³-hybridized carbons (Fsp3) is 0.600. The summed E-state index contributed by atoms with van der Waals surface area (Å²) in [6, 6.07) is -1.19. The van der Waals surface area contributed by atoms with Gasteiger partial charge in [0.25, 0.3) is 5.91 Å². The maximum atomic E-state index is 11.3. The Morgan fingerprint density at radius 2 is 1.83 bits per heavy atom. The van der Waals surface area contributed by atoms with Crippen LogP contribution in [0.3, 0.4) is 0 Å². The van der Waals surface area contributed by atoms with Crippen molar-refractivity contribution < 1.29 is 28.7 Å². The second kappa shape index (κ2) is 8.04. The summed E-state index contributed by atoms with van der Waals surface area (Å²) in [5, 5.41) is 2.17. The van der Waals surface area contributed by atoms with E-state index in [0.717, 1.165) is 6.92 Å². The zero-order chi connectivity index (χ0) is 14.1. The molecule has 3 N–H and O–H groups in total. The minimum absolute atomic E-state index is 0.158. The highest BCUT2D eigenvalue weighted by atomic mass is 16.5. The molecule has 0 spiro atoms. The third-order valence-corrected chi connectivity index (χ3v) is 1.76. The lowest BCUT2D eigenvalue weighted by Crippen LogP contribution is -2.47. The van der Waals surface area contributed by atoms with Gasteiger partial charge in [0.2, 0.25) is 5.91 Å². The number of hydrogen-bond acceptors (Lipinski definition) is 6. The Bertz CT molecular complexity index is 341. The Balaban J connectivity index is 4.27. The molecule has 0 aliphatic heterocycles. The predicted octanol–water partition coefficient (Wildman–Crippen LogP) is -1.53. The van der Waals surface area contributed by atoms with Gasteiger partial charge in [0.1, 0.15) is 6.04 Å². The second-order valence-electron chi connectivity index (χ2n) is 3.31. The van der Waals surface area contributed by atoms with Gasteiger partial charge >= 0.3 is 11.9 Å². The maximum Gasteiger partial charge on any atom is 0.308 e. The van der Waals surface area contributed by atoms with E-state index in [-0.39, 0.29) is 13.0 Å². The fourth-order valence-electron chi connectivity index (χ4n) is 1.01. The third-order valence-electron chi connectivity index (χ3n) is 1.76. The van der Waals surface area contributed by atoms with Crippen LogP contribution in [0.25, 0.3) is 0 Å². The van der Waals surface area contributed by atoms with Crippen LogP contribution in [-0.2, 0) is 28.7 Å². The predicted molar refractivity (Wildman–Crippen MR) is 59.0 cm³/mol. The van der Waals surface area contributed by atoms with Crippen molar-refractivity contribution in [3.05, 3.63) is 0 Å². The Hall–Kier alpha value is -2.12. The van der Waals surface area contributed by atoms with Crippen molar-refractivity contribution in [3.63, 3.8) is 0 Å². The van der Waals surface area contributed by atoms with Crippen LogP contribution in [0.1, 0.15) is 20.3 Å². The van der Waals surface area contributed by atoms with Crippen LogP contribution < -0.4 is 11.1 Å². The molecular weight excluding hydrogens is 244 g/mol. The van der Waals surface area contributed by atoms with Gasteiger partial charge in [-0.25, -0.2) is 0 Å². The molecule has 1 atom stereocenters. The molecule has 0 aromatic rings. The minimum Gasteiger partial charge on any atom is -0.466 e. The number of primary amides is 1. The number of hydrogen-bond donors (Lipinski definition) is 2. The highest BCUT2D eigenvalue weighted by Gasteiger charge is 2.22. The van der Waals surface area contributed by atoms with Crippen molar-refractivity contribution in [2.24, 2.45) is 5.73 Å². The van der Waals surface area contributed by atoms with Gasteiger partial charge in [-0.3, -0.25) is 19.2 Å². The van der Waals surface area contributed by atoms with Gasteiger partial charge in [0.05, 0.1) is 13.0 Å². The van der Waals surface area contributed by atoms with Crippen LogP contribution in [0, 0.1) is 0 Å². The Morgan fingerprint density at radius 3 is 2.28 bits per heavy atom. The average molecular weight is 260 g/mol. The number of carbonyl (C=O) groups excluding carboxylic acids is 4. The Kier molecular flexibility index (Phi) is 7.10. The molecule has 8 nitrogen and oxygen atoms in total. The minimum atomic E-state index is -1.19. The SMILES string of the molecule is CCOC(=O)C[C@@H](NC(=O)COC(C)=O)C(N)=O. The monoisotopic (exact) mass is 260 g/mol. The van der Waals surface area contributed by atoms with Crippen molar-refractivity contribution >= 4 is 23.8 Å². The summed E-state index contributed by atoms with van der Waals surface area (Å²) in [5.74, 6) is -2.89. The van der Waals surface area contributed by atoms with E-state index in [2.05, 4.69) is 14.8 Å². The lowest BCUT2D eigenvalue weighted by Gasteiger charge is -2.14. The highest BCUT2D eigenvalue weighted by molar-refractivity contribution is 5.90. The van der Waals surface area contributed by atoms with Crippen LogP contribution in [0.4, 0.5) is 0 Å². The molecule has 0 rings (SSSR count). The van der Waals surface area contributed by atoms with Crippen molar-refractivity contribution in [2.75, 3.05) is 13.2 Å². The fourth-order valence-corrected chi connectivity index (χ4v) is 1.01. The summed E-state index contributed by atoms with van der Waals surface area (Å²) in [4.78, 5) is 43.9. The first-order valence-electron chi connectivity index (χ1n) is 5.24. The van der Waals surface area contributed by atoms with Crippen molar-refractivity contribution in [1.82, 2.24) is 5.32 Å². The summed E-state index contributed by atoms with van der Waals surface area (Å²) >= 11 is 0. The molecule has 102 valence electrons. The van der Waals surface area contributed by atoms with Crippen LogP contribution in [0.15, 0.2) is 0 Å². The Morgan fingerprint density at radius 1 is 1.22 bits per heavy atom. The van der Waals surface area contributed by atoms with Crippen molar-refractivity contribution in [2.45, 2.75) is 26.3 Å². The van der Waals surface area contributed by atoms with E-state index < -0.39 is 36.4 Å². The smallest absolute Gasteiger partial charge is 0.308 e. The number of amides is 2. The lowest BCUT2D eigenvalue weighted by molar-refractivity contribution is -0.148. The molecule has 0 aromatic heterocycles. The topological polar surface area (TPSA) is 125 Å². The number of nitrogens with two attached hydrogens (primary N) is 1. The largest absolute Gasteiger partial charge is 0.466 e. The number of ether oxygens (including phenoxy) is 2. The molecule has 0 heterocycles. The number of carbonyl (C=O) groups is 4. The van der Waals surface area contributed by atoms with Gasteiger partial charge in [-0.05, 0) is 6.92 Å². The first-order chi connectivity index (χ1) is 8.36. The number of esters is 2. The first kappa shape index (κ1) is 15.9. The van der Waals surface area contributed by atoms with E-state index in [0.29, 0.717) is 0 Å². The average Bonchev–Trinajstić information content (AvgIpc) is 2.25. The molecule has 0 saturated carbocycles. The van der Waals surface area contributed by atoms with Crippen LogP contribution in [0.2, 0.25) is 0 Å². The highest BCUT2D eigenvalue weighted by Crippen LogP contribution is 1.95. The van der Waals surface area contributed by atoms with E-state index in [4.69, 9.17) is 5.73 Å². The summed E-state index contributed by atoms with van der Waals surface area (Å²) in [6.45, 7) is 2.36. The molecule has 2 amide bonds. The molecule has 0 aromatic carbocycles. The summed E-state index contributed by atoms with van der Waals surface area (Å²) in [7, 11) is 0. The van der Waals surface area contributed by atoms with E-state index >= 15 is 0 Å². The van der Waals surface area contributed by atoms with Gasteiger partial charge in [-0.1, -0.05) is 0 Å². The molecule has 0 unspecified atom stereocenters. The zero-order valence-electron chi connectivity index (χ0n) is 10.2. The standard InChI is InChI=1S/C10H16N2O6/c1-3-17-9(15)4-7(10(11)16)12-8(14)5-18-6(2)13/h7H,3-5H2,1-2H3,(H2,11,16)(H,12,14)/t7-/m1/s1. The van der Waals surface area contributed by atoms with Gasteiger partial charge in [-0.2, -0.15) is 0 Å². The third kappa shape index (κ3) is 7.20. The van der Waals surface area contributed by atoms with Crippen LogP contribution in [-0.4, -0.2) is 43.0 Å². The van der Waals surface area contributed by atoms with Gasteiger partial charge < -0.3 is 20.5 Å². The molecule has 8 heteroatoms. The van der Waals surface area contributed by atoms with Crippen molar-refractivity contribution in [3.8, 4) is 0 Å². The Labute approximate surface area is 104 Å². The summed E-state index contributed by atoms with van der Waals surface area (Å²) in [5.41, 5.74) is 5.02. The van der Waals surface area contributed by atoms with Gasteiger partial charge in [0.15, 0.2) is 6.61 Å². The zero-order valence-corrected chi connectivity index (χ0v) is 10.2. The van der Waals surface area contributed by atoms with E-state index in [9.17, 15) is 19.2 Å². The van der Waals surface area contributed by atoms with E-state index in [1.54, 1.807) is 6.92 Å². The summed E-state index contributed by atoms with van der Waals surface area (Å²) in [6.07, 6.45) is -0.366. The first-order valence-corrected chi connectivity index (χ1v) is 5.24. The van der Waals surface area contributed by atoms with Crippen molar-refractivity contribution in [1.29, 1.82) is 0 Å². The summed E-state index contributed by atoms with van der Waals surface area (Å²) < 4.78 is 9.04. The second-order valence-corrected chi connectivity index (χ2v) is 3.31. The number of rotatable bonds is 7. The van der Waals surface area contributed by atoms with E-state index in [1.165, 1.54) is 0 Å². The molecule has 0 aliphatic rings. The molecular formula is C10H16N2O6. The van der Waals surface area contributed by atoms with Crippen LogP contribution >= 0.6 is 0 Å². The van der Waals surface area contributed by atoms with Gasteiger partial charge in [-0.15, -0.1) is 0 Å². The maximum absolute atomic E-state index is 11.3. The molecule has 0 fully saturated rings. The molecule has 0 saturated heterocycles. The normalized spacial score (nSPS) is 11.2. The lowest BCUT2D eigenvalue weighted by atomic mass is 10.2.